The van der Waals surface area contributed by atoms with Crippen molar-refractivity contribution in [3.63, 3.8) is 0 Å². The van der Waals surface area contributed by atoms with Gasteiger partial charge in [0.2, 0.25) is 0 Å². The highest BCUT2D eigenvalue weighted by Gasteiger charge is 2.50. The van der Waals surface area contributed by atoms with Crippen LogP contribution in [-0.2, 0) is 47.4 Å². The molecule has 3 aliphatic rings. The molecular formula is C18H24F6O6S4. The van der Waals surface area contributed by atoms with Gasteiger partial charge in [-0.15, -0.1) is 0 Å². The van der Waals surface area contributed by atoms with E-state index >= 15 is 0 Å². The smallest absolute Gasteiger partial charge is 0.485 e. The molecule has 0 N–H and O–H groups in total. The van der Waals surface area contributed by atoms with E-state index in [1.807, 2.05) is 0 Å². The monoisotopic (exact) mass is 578 g/mol. The highest BCUT2D eigenvalue weighted by molar-refractivity contribution is 8.07. The lowest BCUT2D eigenvalue weighted by molar-refractivity contribution is -0.0522. The first-order valence-corrected chi connectivity index (χ1v) is 15.7. The highest BCUT2D eigenvalue weighted by Crippen LogP contribution is 2.37. The summed E-state index contributed by atoms with van der Waals surface area (Å²) in [7, 11) is -10.7. The Balaban J connectivity index is 0.000000304. The normalized spacial score (nSPS) is 23.3. The fourth-order valence-corrected chi connectivity index (χ4v) is 10.3. The summed E-state index contributed by atoms with van der Waals surface area (Å²) in [5, 5.41) is 0.907. The van der Waals surface area contributed by atoms with E-state index in [0.717, 1.165) is 16.1 Å². The van der Waals surface area contributed by atoms with Crippen LogP contribution in [0.3, 0.4) is 0 Å². The standard InChI is InChI=1S/C16H24S2.2CHF3O3S/c1-16(2,3)14-6-4-13(5-7-14)15-12-17-8-10-18(15)11-9-17;2*2-1(3,4)8(5,6)7/h4-7,15H,8-12H2,1-3H3;2*(H,5,6,7)/q+2;;/p-2. The predicted octanol–water partition coefficient (Wildman–Crippen LogP) is 3.39. The molecule has 0 aliphatic carbocycles. The van der Waals surface area contributed by atoms with Crippen LogP contribution >= 0.6 is 0 Å². The molecular weight excluding hydrogens is 554 g/mol. The van der Waals surface area contributed by atoms with Crippen molar-refractivity contribution in [3.05, 3.63) is 35.4 Å². The number of alkyl halides is 6. The molecule has 0 amide bonds. The Morgan fingerprint density at radius 2 is 1.12 bits per heavy atom. The number of hydrogen-bond donors (Lipinski definition) is 0. The molecule has 1 unspecified atom stereocenters. The average molecular weight is 579 g/mol. The van der Waals surface area contributed by atoms with Gasteiger partial charge in [-0.2, -0.15) is 26.3 Å². The van der Waals surface area contributed by atoms with Crippen molar-refractivity contribution in [1.82, 2.24) is 0 Å². The first-order valence-electron chi connectivity index (χ1n) is 9.49. The van der Waals surface area contributed by atoms with Crippen LogP contribution in [0.5, 0.6) is 0 Å². The Morgan fingerprint density at radius 1 is 0.765 bits per heavy atom. The van der Waals surface area contributed by atoms with Gasteiger partial charge in [0, 0.05) is 27.4 Å². The summed E-state index contributed by atoms with van der Waals surface area (Å²) >= 11 is 0. The lowest BCUT2D eigenvalue weighted by Crippen LogP contribution is -2.46. The number of benzene rings is 1. The van der Waals surface area contributed by atoms with E-state index in [4.69, 9.17) is 25.9 Å². The van der Waals surface area contributed by atoms with Crippen molar-refractivity contribution in [1.29, 1.82) is 0 Å². The molecule has 1 atom stereocenters. The minimum Gasteiger partial charge on any atom is -0.741 e. The summed E-state index contributed by atoms with van der Waals surface area (Å²) in [5.74, 6) is 7.63. The highest BCUT2D eigenvalue weighted by atomic mass is 32.2. The van der Waals surface area contributed by atoms with Gasteiger partial charge in [-0.1, -0.05) is 45.0 Å². The van der Waals surface area contributed by atoms with Crippen LogP contribution in [0.15, 0.2) is 24.3 Å². The predicted molar refractivity (Wildman–Crippen MR) is 118 cm³/mol. The van der Waals surface area contributed by atoms with E-state index in [0.29, 0.717) is 10.9 Å². The van der Waals surface area contributed by atoms with Crippen LogP contribution in [0.1, 0.15) is 37.1 Å². The summed E-state index contributed by atoms with van der Waals surface area (Å²) in [6.07, 6.45) is 0. The molecule has 198 valence electrons. The van der Waals surface area contributed by atoms with Crippen molar-refractivity contribution in [3.8, 4) is 0 Å². The minimum atomic E-state index is -6.09. The van der Waals surface area contributed by atoms with Crippen molar-refractivity contribution in [2.75, 3.05) is 28.8 Å². The van der Waals surface area contributed by atoms with E-state index in [1.165, 1.54) is 22.8 Å². The van der Waals surface area contributed by atoms with Crippen molar-refractivity contribution >= 4 is 42.0 Å². The molecule has 0 radical (unpaired) electrons. The largest absolute Gasteiger partial charge is 0.741 e. The van der Waals surface area contributed by atoms with E-state index in [2.05, 4.69) is 45.0 Å². The lowest BCUT2D eigenvalue weighted by Gasteiger charge is -2.29. The topological polar surface area (TPSA) is 114 Å². The third kappa shape index (κ3) is 9.41. The second-order valence-corrected chi connectivity index (χ2v) is 15.9. The molecule has 0 spiro atoms. The quantitative estimate of drug-likeness (QED) is 0.219. The summed E-state index contributed by atoms with van der Waals surface area (Å²) in [6, 6.07) is 9.57. The SMILES string of the molecule is CC(C)(C)c1ccc(C2C[S+]3CC[S+]2CC3)cc1.O=S(=O)([O-])C(F)(F)F.O=S(=O)([O-])C(F)(F)F. The second-order valence-electron chi connectivity index (χ2n) is 8.29. The van der Waals surface area contributed by atoms with E-state index in [1.54, 1.807) is 17.1 Å². The molecule has 6 nitrogen and oxygen atoms in total. The zero-order chi connectivity index (χ0) is 26.8. The van der Waals surface area contributed by atoms with Crippen LogP contribution in [0.25, 0.3) is 0 Å². The van der Waals surface area contributed by atoms with Gasteiger partial charge in [-0.05, 0) is 11.0 Å². The maximum Gasteiger partial charge on any atom is 0.485 e. The second kappa shape index (κ2) is 11.2. The zero-order valence-electron chi connectivity index (χ0n) is 18.3. The molecule has 1 aromatic rings. The Labute approximate surface area is 200 Å². The van der Waals surface area contributed by atoms with Crippen molar-refractivity contribution in [2.24, 2.45) is 0 Å². The van der Waals surface area contributed by atoms with Crippen molar-refractivity contribution < 1.29 is 52.3 Å². The molecule has 3 fully saturated rings. The van der Waals surface area contributed by atoms with Crippen LogP contribution in [0, 0.1) is 0 Å². The van der Waals surface area contributed by atoms with Gasteiger partial charge in [-0.3, -0.25) is 0 Å². The molecule has 0 saturated carbocycles. The van der Waals surface area contributed by atoms with E-state index < -0.39 is 31.3 Å². The number of fused-ring (bicyclic) bond motifs is 3. The zero-order valence-corrected chi connectivity index (χ0v) is 21.5. The first-order chi connectivity index (χ1) is 15.0. The minimum absolute atomic E-state index is 0.286. The molecule has 3 saturated heterocycles. The summed E-state index contributed by atoms with van der Waals surface area (Å²) in [5.41, 5.74) is -7.91. The number of halogens is 6. The molecule has 3 aliphatic heterocycles. The third-order valence-corrected chi connectivity index (χ3v) is 11.7. The Hall–Kier alpha value is -0.680. The Bertz CT molecular complexity index is 965. The van der Waals surface area contributed by atoms with Gasteiger partial charge in [0.1, 0.15) is 0 Å². The Morgan fingerprint density at radius 3 is 1.35 bits per heavy atom. The summed E-state index contributed by atoms with van der Waals surface area (Å²) in [4.78, 5) is 0. The maximum atomic E-state index is 10.7. The molecule has 1 aromatic carbocycles. The van der Waals surface area contributed by atoms with Crippen LogP contribution in [0.2, 0.25) is 0 Å². The molecule has 4 rings (SSSR count). The molecule has 3 heterocycles. The molecule has 34 heavy (non-hydrogen) atoms. The van der Waals surface area contributed by atoms with Crippen LogP contribution < -0.4 is 0 Å². The lowest BCUT2D eigenvalue weighted by atomic mass is 9.86. The van der Waals surface area contributed by atoms with E-state index in [9.17, 15) is 26.3 Å². The molecule has 2 bridgehead atoms. The van der Waals surface area contributed by atoms with Gasteiger partial charge in [0.25, 0.3) is 0 Å². The van der Waals surface area contributed by atoms with Crippen LogP contribution in [0.4, 0.5) is 26.3 Å². The van der Waals surface area contributed by atoms with E-state index in [-0.39, 0.29) is 5.41 Å². The fourth-order valence-electron chi connectivity index (χ4n) is 2.90. The Kier molecular flexibility index (Phi) is 10.3. The van der Waals surface area contributed by atoms with Gasteiger partial charge in [0.15, 0.2) is 54.3 Å². The van der Waals surface area contributed by atoms with Gasteiger partial charge in [0.05, 0.1) is 0 Å². The first kappa shape index (κ1) is 31.4. The average Bonchev–Trinajstić information content (AvgIpc) is 2.66. The van der Waals surface area contributed by atoms with Gasteiger partial charge >= 0.3 is 11.0 Å². The van der Waals surface area contributed by atoms with Gasteiger partial charge in [-0.25, -0.2) is 16.8 Å². The van der Waals surface area contributed by atoms with Crippen molar-refractivity contribution in [2.45, 2.75) is 42.5 Å². The summed E-state index contributed by atoms with van der Waals surface area (Å²) in [6.45, 7) is 6.90. The molecule has 0 aromatic heterocycles. The van der Waals surface area contributed by atoms with Gasteiger partial charge < -0.3 is 9.11 Å². The number of hydrogen-bond acceptors (Lipinski definition) is 6. The number of rotatable bonds is 1. The molecule has 16 heteroatoms. The third-order valence-electron chi connectivity index (χ3n) is 4.77. The fraction of sp³-hybridized carbons (Fsp3) is 0.667. The maximum absolute atomic E-state index is 10.7. The summed E-state index contributed by atoms with van der Waals surface area (Å²) < 4.78 is 118. The van der Waals surface area contributed by atoms with Crippen LogP contribution in [-0.4, -0.2) is 65.7 Å².